The van der Waals surface area contributed by atoms with Crippen molar-refractivity contribution in [3.8, 4) is 0 Å². The van der Waals surface area contributed by atoms with Crippen LogP contribution in [0.2, 0.25) is 0 Å². The minimum absolute atomic E-state index is 0.0699. The van der Waals surface area contributed by atoms with Crippen LogP contribution in [0, 0.1) is 23.2 Å². The zero-order valence-corrected chi connectivity index (χ0v) is 19.5. The highest BCUT2D eigenvalue weighted by atomic mass is 16.5. The van der Waals surface area contributed by atoms with Gasteiger partial charge in [0.2, 0.25) is 0 Å². The second-order valence-electron chi connectivity index (χ2n) is 10.4. The number of aliphatic hydroxyl groups excluding tert-OH is 3. The molecular weight excluding hydrogens is 396 g/mol. The van der Waals surface area contributed by atoms with Gasteiger partial charge in [0.25, 0.3) is 0 Å². The first-order valence-electron chi connectivity index (χ1n) is 11.8. The zero-order valence-electron chi connectivity index (χ0n) is 19.5. The molecule has 0 spiro atoms. The third kappa shape index (κ3) is 8.01. The summed E-state index contributed by atoms with van der Waals surface area (Å²) in [5.74, 6) is -0.332. The Morgan fingerprint density at radius 2 is 2.00 bits per heavy atom. The number of fused-ring (bicyclic) bond motifs is 1. The fourth-order valence-electron chi connectivity index (χ4n) is 5.22. The lowest BCUT2D eigenvalue weighted by atomic mass is 9.66. The van der Waals surface area contributed by atoms with Crippen LogP contribution in [-0.2, 0) is 9.53 Å². The maximum atomic E-state index is 10.7. The Kier molecular flexibility index (Phi) is 9.74. The molecule has 0 saturated carbocycles. The molecule has 0 amide bonds. The topological polar surface area (TPSA) is 107 Å². The average molecular weight is 439 g/mol. The minimum atomic E-state index is -1.06. The Morgan fingerprint density at radius 3 is 2.65 bits per heavy atom. The van der Waals surface area contributed by atoms with E-state index in [-0.39, 0.29) is 36.2 Å². The molecule has 0 aromatic rings. The number of ether oxygens (including phenoxy) is 1. The summed E-state index contributed by atoms with van der Waals surface area (Å²) >= 11 is 0. The van der Waals surface area contributed by atoms with Gasteiger partial charge in [-0.15, -0.1) is 0 Å². The van der Waals surface area contributed by atoms with E-state index in [0.717, 1.165) is 24.8 Å². The third-order valence-electron chi connectivity index (χ3n) is 6.78. The van der Waals surface area contributed by atoms with Crippen molar-refractivity contribution in [2.45, 2.75) is 97.1 Å². The molecule has 0 heterocycles. The van der Waals surface area contributed by atoms with Gasteiger partial charge in [-0.3, -0.25) is 4.79 Å². The van der Waals surface area contributed by atoms with Crippen molar-refractivity contribution < 1.29 is 30.0 Å². The van der Waals surface area contributed by atoms with Crippen molar-refractivity contribution in [1.29, 1.82) is 0 Å². The summed E-state index contributed by atoms with van der Waals surface area (Å²) in [6.45, 7) is 9.43. The number of hydrogen-bond acceptors (Lipinski definition) is 5. The molecule has 0 fully saturated rings. The molecule has 31 heavy (non-hydrogen) atoms. The summed E-state index contributed by atoms with van der Waals surface area (Å²) in [6.07, 6.45) is 7.58. The predicted octanol–water partition coefficient (Wildman–Crippen LogP) is 3.69. The van der Waals surface area contributed by atoms with Crippen LogP contribution in [0.3, 0.4) is 0 Å². The molecule has 0 aromatic heterocycles. The number of rotatable bonds is 12. The Hall–Kier alpha value is -1.21. The van der Waals surface area contributed by atoms with E-state index in [1.165, 1.54) is 0 Å². The van der Waals surface area contributed by atoms with Gasteiger partial charge in [0.15, 0.2) is 0 Å². The monoisotopic (exact) mass is 438 g/mol. The van der Waals surface area contributed by atoms with Gasteiger partial charge in [0.05, 0.1) is 37.4 Å². The highest BCUT2D eigenvalue weighted by Gasteiger charge is 2.41. The molecule has 0 bridgehead atoms. The summed E-state index contributed by atoms with van der Waals surface area (Å²) in [7, 11) is 0. The van der Waals surface area contributed by atoms with Crippen LogP contribution in [0.1, 0.15) is 72.6 Å². The van der Waals surface area contributed by atoms with E-state index in [9.17, 15) is 20.1 Å². The van der Waals surface area contributed by atoms with Crippen LogP contribution in [0.5, 0.6) is 0 Å². The molecule has 4 N–H and O–H groups in total. The van der Waals surface area contributed by atoms with Gasteiger partial charge in [-0.05, 0) is 48.5 Å². The molecule has 0 unspecified atom stereocenters. The van der Waals surface area contributed by atoms with Crippen LogP contribution in [-0.4, -0.2) is 57.4 Å². The molecule has 2 rings (SSSR count). The molecule has 2 aliphatic rings. The Balaban J connectivity index is 2.06. The van der Waals surface area contributed by atoms with E-state index in [2.05, 4.69) is 39.8 Å². The molecule has 178 valence electrons. The standard InChI is InChI=1S/C25H42O6/c1-5-10-25(3,4)15-31-22-13-19(27)11-17-7-6-16(2)21(24(17)22)9-8-18(26)12-20(28)14-23(29)30/h6-7,11,16,18-22,24,26-28H,5,8-10,12-15H2,1-4H3,(H,29,30)/t16-,18-,19-,20-,21+,22+,24+/m1/s1. The first-order chi connectivity index (χ1) is 14.5. The molecule has 0 aliphatic heterocycles. The van der Waals surface area contributed by atoms with Crippen LogP contribution in [0.4, 0.5) is 0 Å². The lowest BCUT2D eigenvalue weighted by molar-refractivity contribution is -0.139. The lowest BCUT2D eigenvalue weighted by Crippen LogP contribution is -2.42. The Morgan fingerprint density at radius 1 is 1.29 bits per heavy atom. The first kappa shape index (κ1) is 26.0. The lowest BCUT2D eigenvalue weighted by Gasteiger charge is -2.44. The number of hydrogen-bond donors (Lipinski definition) is 4. The minimum Gasteiger partial charge on any atom is -0.481 e. The highest BCUT2D eigenvalue weighted by molar-refractivity contribution is 5.67. The van der Waals surface area contributed by atoms with Crippen molar-refractivity contribution in [2.24, 2.45) is 23.2 Å². The van der Waals surface area contributed by atoms with Crippen molar-refractivity contribution in [2.75, 3.05) is 6.61 Å². The van der Waals surface area contributed by atoms with Gasteiger partial charge in [-0.25, -0.2) is 0 Å². The van der Waals surface area contributed by atoms with E-state index in [1.807, 2.05) is 6.08 Å². The smallest absolute Gasteiger partial charge is 0.305 e. The predicted molar refractivity (Wildman–Crippen MR) is 121 cm³/mol. The van der Waals surface area contributed by atoms with Crippen molar-refractivity contribution >= 4 is 5.97 Å². The first-order valence-corrected chi connectivity index (χ1v) is 11.8. The Bertz CT molecular complexity index is 640. The number of carboxylic acid groups (broad SMARTS) is 1. The summed E-state index contributed by atoms with van der Waals surface area (Å²) < 4.78 is 6.43. The molecule has 0 aromatic carbocycles. The largest absolute Gasteiger partial charge is 0.481 e. The molecule has 2 aliphatic carbocycles. The van der Waals surface area contributed by atoms with Crippen LogP contribution in [0.25, 0.3) is 0 Å². The van der Waals surface area contributed by atoms with Gasteiger partial charge >= 0.3 is 5.97 Å². The zero-order chi connectivity index (χ0) is 23.2. The van der Waals surface area contributed by atoms with Gasteiger partial charge in [-0.1, -0.05) is 52.3 Å². The second-order valence-corrected chi connectivity index (χ2v) is 10.4. The molecular formula is C25H42O6. The quantitative estimate of drug-likeness (QED) is 0.370. The second kappa shape index (κ2) is 11.6. The Labute approximate surface area is 187 Å². The third-order valence-corrected chi connectivity index (χ3v) is 6.78. The van der Waals surface area contributed by atoms with Crippen LogP contribution in [0.15, 0.2) is 23.8 Å². The maximum absolute atomic E-state index is 10.7. The number of aliphatic hydroxyl groups is 3. The van der Waals surface area contributed by atoms with Gasteiger partial charge in [0.1, 0.15) is 0 Å². The number of carboxylic acids is 1. The fourth-order valence-corrected chi connectivity index (χ4v) is 5.22. The number of aliphatic carboxylic acids is 1. The maximum Gasteiger partial charge on any atom is 0.305 e. The fraction of sp³-hybridized carbons (Fsp3) is 0.800. The molecule has 0 radical (unpaired) electrons. The van der Waals surface area contributed by atoms with E-state index in [4.69, 9.17) is 9.84 Å². The number of carbonyl (C=O) groups is 1. The van der Waals surface area contributed by atoms with E-state index in [0.29, 0.717) is 25.4 Å². The summed E-state index contributed by atoms with van der Waals surface area (Å²) in [6, 6.07) is 0. The van der Waals surface area contributed by atoms with Crippen LogP contribution < -0.4 is 0 Å². The van der Waals surface area contributed by atoms with E-state index >= 15 is 0 Å². The summed E-state index contributed by atoms with van der Waals surface area (Å²) in [4.78, 5) is 10.7. The summed E-state index contributed by atoms with van der Waals surface area (Å²) in [5, 5.41) is 39.4. The van der Waals surface area contributed by atoms with Crippen molar-refractivity contribution in [3.05, 3.63) is 23.8 Å². The van der Waals surface area contributed by atoms with Crippen molar-refractivity contribution in [1.82, 2.24) is 0 Å². The normalized spacial score (nSPS) is 30.4. The van der Waals surface area contributed by atoms with Crippen LogP contribution >= 0.6 is 0 Å². The van der Waals surface area contributed by atoms with E-state index in [1.54, 1.807) is 0 Å². The molecule has 6 heteroatoms. The number of allylic oxidation sites excluding steroid dienone is 2. The SMILES string of the molecule is CCCC(C)(C)CO[C@H]1C[C@H](O)C=C2C=C[C@@H](C)[C@H](CC[C@@H](O)C[C@@H](O)CC(=O)O)[C@H]21. The van der Waals surface area contributed by atoms with Gasteiger partial charge in [-0.2, -0.15) is 0 Å². The van der Waals surface area contributed by atoms with Crippen molar-refractivity contribution in [3.63, 3.8) is 0 Å². The average Bonchev–Trinajstić information content (AvgIpc) is 2.64. The van der Waals surface area contributed by atoms with E-state index < -0.39 is 24.3 Å². The molecule has 0 saturated heterocycles. The van der Waals surface area contributed by atoms with Gasteiger partial charge in [0, 0.05) is 12.3 Å². The molecule has 6 nitrogen and oxygen atoms in total. The molecule has 7 atom stereocenters. The highest BCUT2D eigenvalue weighted by Crippen LogP contribution is 2.44. The van der Waals surface area contributed by atoms with Gasteiger partial charge < -0.3 is 25.2 Å². The summed E-state index contributed by atoms with van der Waals surface area (Å²) in [5.41, 5.74) is 1.20.